The van der Waals surface area contributed by atoms with Gasteiger partial charge >= 0.3 is 0 Å². The predicted molar refractivity (Wildman–Crippen MR) is 54.1 cm³/mol. The third-order valence-corrected chi connectivity index (χ3v) is 2.31. The number of rotatable bonds is 3. The van der Waals surface area contributed by atoms with E-state index in [9.17, 15) is 14.4 Å². The van der Waals surface area contributed by atoms with Crippen LogP contribution in [0.15, 0.2) is 0 Å². The van der Waals surface area contributed by atoms with E-state index in [2.05, 4.69) is 11.8 Å². The van der Waals surface area contributed by atoms with Gasteiger partial charge in [-0.25, -0.2) is 0 Å². The van der Waals surface area contributed by atoms with Gasteiger partial charge in [-0.1, -0.05) is 19.3 Å². The molecule has 0 spiro atoms. The maximum atomic E-state index is 11.4. The topological polar surface area (TPSA) is 74.7 Å². The minimum Gasteiger partial charge on any atom is -0.284 e. The second-order valence-electron chi connectivity index (χ2n) is 3.57. The van der Waals surface area contributed by atoms with Crippen LogP contribution in [0.4, 0.5) is 0 Å². The molecule has 5 nitrogen and oxygen atoms in total. The molecular weight excluding hydrogens is 210 g/mol. The van der Waals surface area contributed by atoms with Crippen molar-refractivity contribution in [3.8, 4) is 11.8 Å². The van der Waals surface area contributed by atoms with Crippen LogP contribution in [0.1, 0.15) is 32.6 Å². The van der Waals surface area contributed by atoms with Crippen LogP contribution in [0.3, 0.4) is 0 Å². The zero-order valence-electron chi connectivity index (χ0n) is 9.02. The molecule has 0 aromatic carbocycles. The molecule has 0 aromatic rings. The lowest BCUT2D eigenvalue weighted by molar-refractivity contribution is -0.172. The molecular formula is C11H13NO4. The molecule has 1 N–H and O–H groups in total. The molecule has 1 rings (SSSR count). The molecule has 5 heteroatoms. The van der Waals surface area contributed by atoms with Gasteiger partial charge in [0.1, 0.15) is 5.92 Å². The van der Waals surface area contributed by atoms with Gasteiger partial charge in [0.25, 0.3) is 11.8 Å². The van der Waals surface area contributed by atoms with Crippen molar-refractivity contribution in [2.75, 3.05) is 0 Å². The van der Waals surface area contributed by atoms with Crippen molar-refractivity contribution in [1.29, 1.82) is 0 Å². The predicted octanol–water partition coefficient (Wildman–Crippen LogP) is 0.513. The van der Waals surface area contributed by atoms with E-state index in [0.29, 0.717) is 6.42 Å². The molecule has 0 aliphatic carbocycles. The lowest BCUT2D eigenvalue weighted by atomic mass is 10.0. The van der Waals surface area contributed by atoms with Crippen molar-refractivity contribution in [1.82, 2.24) is 5.06 Å². The van der Waals surface area contributed by atoms with Crippen LogP contribution in [-0.4, -0.2) is 27.9 Å². The first-order valence-corrected chi connectivity index (χ1v) is 5.16. The largest absolute Gasteiger partial charge is 0.284 e. The van der Waals surface area contributed by atoms with Gasteiger partial charge in [0.15, 0.2) is 0 Å². The number of nitrogens with zero attached hydrogens (tertiary/aromatic N) is 1. The van der Waals surface area contributed by atoms with Gasteiger partial charge in [-0.3, -0.25) is 19.6 Å². The first-order valence-electron chi connectivity index (χ1n) is 5.16. The number of carbonyl (C=O) groups is 3. The van der Waals surface area contributed by atoms with Crippen LogP contribution in [0.25, 0.3) is 0 Å². The number of unbranched alkanes of at least 4 members (excludes halogenated alkanes) is 2. The monoisotopic (exact) mass is 223 g/mol. The summed E-state index contributed by atoms with van der Waals surface area (Å²) in [5.74, 6) is 1.64. The number of ketones is 1. The summed E-state index contributed by atoms with van der Waals surface area (Å²) in [6.07, 6.45) is 2.19. The van der Waals surface area contributed by atoms with Gasteiger partial charge in [-0.2, -0.15) is 5.06 Å². The van der Waals surface area contributed by atoms with Crippen molar-refractivity contribution in [3.05, 3.63) is 0 Å². The average molecular weight is 223 g/mol. The SMILES string of the molecule is CCCCC#CC(=O)C1CC(=O)N(O)C1=O. The van der Waals surface area contributed by atoms with Crippen molar-refractivity contribution >= 4 is 17.6 Å². The third-order valence-electron chi connectivity index (χ3n) is 2.31. The number of carbonyl (C=O) groups excluding carboxylic acids is 3. The van der Waals surface area contributed by atoms with E-state index in [1.165, 1.54) is 0 Å². The summed E-state index contributed by atoms with van der Waals surface area (Å²) in [6, 6.07) is 0. The molecule has 1 unspecified atom stereocenters. The summed E-state index contributed by atoms with van der Waals surface area (Å²) in [5.41, 5.74) is 0. The fourth-order valence-electron chi connectivity index (χ4n) is 1.33. The Hall–Kier alpha value is -1.67. The highest BCUT2D eigenvalue weighted by atomic mass is 16.5. The van der Waals surface area contributed by atoms with Crippen LogP contribution < -0.4 is 0 Å². The Morgan fingerprint density at radius 2 is 2.25 bits per heavy atom. The van der Waals surface area contributed by atoms with Crippen LogP contribution in [0.5, 0.6) is 0 Å². The highest BCUT2D eigenvalue weighted by Gasteiger charge is 2.41. The fourth-order valence-corrected chi connectivity index (χ4v) is 1.33. The zero-order chi connectivity index (χ0) is 12.1. The minimum absolute atomic E-state index is 0.00368. The minimum atomic E-state index is -1.12. The Kier molecular flexibility index (Phi) is 4.20. The second-order valence-corrected chi connectivity index (χ2v) is 3.57. The molecule has 0 saturated carbocycles. The Morgan fingerprint density at radius 3 is 2.75 bits per heavy atom. The first kappa shape index (κ1) is 12.4. The highest BCUT2D eigenvalue weighted by molar-refractivity contribution is 6.17. The summed E-state index contributed by atoms with van der Waals surface area (Å²) in [5, 5.41) is 8.93. The van der Waals surface area contributed by atoms with Crippen molar-refractivity contribution < 1.29 is 19.6 Å². The summed E-state index contributed by atoms with van der Waals surface area (Å²) >= 11 is 0. The normalized spacial score (nSPS) is 19.6. The van der Waals surface area contributed by atoms with E-state index in [-0.39, 0.29) is 11.5 Å². The molecule has 86 valence electrons. The van der Waals surface area contributed by atoms with Gasteiger partial charge in [0.2, 0.25) is 5.78 Å². The maximum Gasteiger partial charge on any atom is 0.265 e. The Labute approximate surface area is 93.4 Å². The summed E-state index contributed by atoms with van der Waals surface area (Å²) < 4.78 is 0. The molecule has 16 heavy (non-hydrogen) atoms. The lowest BCUT2D eigenvalue weighted by Gasteiger charge is -2.02. The molecule has 0 aromatic heterocycles. The van der Waals surface area contributed by atoms with Crippen LogP contribution in [0, 0.1) is 17.8 Å². The molecule has 1 atom stereocenters. The van der Waals surface area contributed by atoms with Gasteiger partial charge in [-0.15, -0.1) is 0 Å². The summed E-state index contributed by atoms with van der Waals surface area (Å²) in [6.45, 7) is 2.01. The Balaban J connectivity index is 2.58. The van der Waals surface area contributed by atoms with Gasteiger partial charge in [0, 0.05) is 12.8 Å². The van der Waals surface area contributed by atoms with E-state index in [1.54, 1.807) is 0 Å². The fraction of sp³-hybridized carbons (Fsp3) is 0.545. The van der Waals surface area contributed by atoms with Crippen molar-refractivity contribution in [2.24, 2.45) is 5.92 Å². The molecule has 0 radical (unpaired) electrons. The third kappa shape index (κ3) is 2.67. The van der Waals surface area contributed by atoms with Gasteiger partial charge in [0.05, 0.1) is 0 Å². The number of hydrogen-bond acceptors (Lipinski definition) is 4. The quantitative estimate of drug-likeness (QED) is 0.189. The maximum absolute atomic E-state index is 11.4. The Morgan fingerprint density at radius 1 is 1.56 bits per heavy atom. The summed E-state index contributed by atoms with van der Waals surface area (Å²) in [7, 11) is 0. The summed E-state index contributed by atoms with van der Waals surface area (Å²) in [4.78, 5) is 33.6. The molecule has 1 fully saturated rings. The van der Waals surface area contributed by atoms with E-state index in [4.69, 9.17) is 5.21 Å². The number of hydroxylamine groups is 2. The molecule has 2 amide bonds. The smallest absolute Gasteiger partial charge is 0.265 e. The number of imide groups is 1. The van der Waals surface area contributed by atoms with E-state index in [1.807, 2.05) is 6.92 Å². The molecule has 1 aliphatic heterocycles. The van der Waals surface area contributed by atoms with Gasteiger partial charge < -0.3 is 0 Å². The van der Waals surface area contributed by atoms with Crippen LogP contribution in [-0.2, 0) is 14.4 Å². The molecule has 1 aliphatic rings. The van der Waals surface area contributed by atoms with E-state index in [0.717, 1.165) is 12.8 Å². The van der Waals surface area contributed by atoms with Gasteiger partial charge in [-0.05, 0) is 12.3 Å². The molecule has 0 bridgehead atoms. The highest BCUT2D eigenvalue weighted by Crippen LogP contribution is 2.18. The number of hydrogen-bond donors (Lipinski definition) is 1. The van der Waals surface area contributed by atoms with Crippen LogP contribution >= 0.6 is 0 Å². The number of Topliss-reactive ketones (excluding diaryl/α,β-unsaturated/α-hetero) is 1. The second kappa shape index (κ2) is 5.42. The standard InChI is InChI=1S/C11H13NO4/c1-2-3-4-5-6-9(13)8-7-10(14)12(16)11(8)15/h8,16H,2-4,7H2,1H3. The first-order chi connectivity index (χ1) is 7.57. The van der Waals surface area contributed by atoms with E-state index < -0.39 is 23.5 Å². The van der Waals surface area contributed by atoms with E-state index >= 15 is 0 Å². The Bertz CT molecular complexity index is 377. The average Bonchev–Trinajstić information content (AvgIpc) is 2.52. The molecule has 1 saturated heterocycles. The number of amides is 2. The molecule has 1 heterocycles. The van der Waals surface area contributed by atoms with Crippen molar-refractivity contribution in [2.45, 2.75) is 32.6 Å². The van der Waals surface area contributed by atoms with Crippen molar-refractivity contribution in [3.63, 3.8) is 0 Å². The zero-order valence-corrected chi connectivity index (χ0v) is 9.02. The lowest BCUT2D eigenvalue weighted by Crippen LogP contribution is -2.28. The van der Waals surface area contributed by atoms with Crippen LogP contribution in [0.2, 0.25) is 0 Å².